The van der Waals surface area contributed by atoms with Gasteiger partial charge in [-0.2, -0.15) is 0 Å². The number of pyridine rings is 1. The fraction of sp³-hybridized carbons (Fsp3) is 0.393. The van der Waals surface area contributed by atoms with Crippen molar-refractivity contribution in [2.75, 3.05) is 13.7 Å². The Morgan fingerprint density at radius 2 is 1.89 bits per heavy atom. The second-order valence-corrected chi connectivity index (χ2v) is 10.4. The number of piperidine rings is 1. The average Bonchev–Trinajstić information content (AvgIpc) is 3.31. The minimum atomic E-state index is -2.55. The zero-order chi connectivity index (χ0) is 24.4. The predicted molar refractivity (Wildman–Crippen MR) is 133 cm³/mol. The number of nitrogens with zero attached hydrogens (tertiary/aromatic N) is 1. The van der Waals surface area contributed by atoms with Gasteiger partial charge >= 0.3 is 0 Å². The molecule has 3 heterocycles. The van der Waals surface area contributed by atoms with Gasteiger partial charge in [-0.05, 0) is 78.6 Å². The van der Waals surface area contributed by atoms with Gasteiger partial charge in [0.25, 0.3) is 5.56 Å². The molecule has 35 heavy (non-hydrogen) atoms. The number of methoxy groups -OCH3 is 1. The van der Waals surface area contributed by atoms with Crippen molar-refractivity contribution in [2.24, 2.45) is 5.41 Å². The average molecular weight is 478 g/mol. The van der Waals surface area contributed by atoms with Gasteiger partial charge in [0.2, 0.25) is 5.92 Å². The molecule has 0 amide bonds. The number of hydrogen-bond acceptors (Lipinski definition) is 3. The van der Waals surface area contributed by atoms with Crippen LogP contribution in [-0.2, 0) is 6.54 Å². The van der Waals surface area contributed by atoms with Gasteiger partial charge in [-0.15, -0.1) is 0 Å². The number of hydrogen-bond donors (Lipinski definition) is 2. The molecule has 2 N–H and O–H groups in total. The first-order chi connectivity index (χ1) is 16.8. The first kappa shape index (κ1) is 22.3. The van der Waals surface area contributed by atoms with Crippen LogP contribution in [0.1, 0.15) is 48.4 Å². The molecule has 4 aromatic rings. The van der Waals surface area contributed by atoms with E-state index < -0.39 is 5.92 Å². The van der Waals surface area contributed by atoms with Gasteiger partial charge in [-0.25, -0.2) is 8.78 Å². The molecule has 7 heteroatoms. The first-order valence-electron chi connectivity index (χ1n) is 12.1. The standard InChI is InChI=1S/C28H29F2N3O2/c1-17-11-24(35-2)22(21-6-9-31-25(17)21)14-33-10-7-27(15-28(29,30)16-27)13-23(33)19-3-4-20-18(12-19)5-8-32-26(20)34/h3-6,8-9,11-12,23,31H,7,10,13-16H2,1-2H3,(H,32,34)/t23-/m1/s1. The summed E-state index contributed by atoms with van der Waals surface area (Å²) in [6.45, 7) is 3.45. The van der Waals surface area contributed by atoms with Crippen molar-refractivity contribution < 1.29 is 13.5 Å². The van der Waals surface area contributed by atoms with E-state index in [-0.39, 0.29) is 29.9 Å². The molecule has 2 fully saturated rings. The highest BCUT2D eigenvalue weighted by Crippen LogP contribution is 2.60. The lowest BCUT2D eigenvalue weighted by molar-refractivity contribution is -0.186. The van der Waals surface area contributed by atoms with Crippen LogP contribution >= 0.6 is 0 Å². The molecule has 2 aliphatic rings. The fourth-order valence-electron chi connectivity index (χ4n) is 6.46. The van der Waals surface area contributed by atoms with E-state index >= 15 is 0 Å². The van der Waals surface area contributed by atoms with Crippen molar-refractivity contribution in [1.29, 1.82) is 0 Å². The largest absolute Gasteiger partial charge is 0.496 e. The summed E-state index contributed by atoms with van der Waals surface area (Å²) in [6, 6.07) is 11.9. The van der Waals surface area contributed by atoms with Gasteiger partial charge in [-0.3, -0.25) is 9.69 Å². The van der Waals surface area contributed by atoms with E-state index in [0.717, 1.165) is 51.7 Å². The molecule has 1 saturated heterocycles. The topological polar surface area (TPSA) is 61.1 Å². The van der Waals surface area contributed by atoms with Crippen LogP contribution in [0.15, 0.2) is 53.6 Å². The summed E-state index contributed by atoms with van der Waals surface area (Å²) in [7, 11) is 1.69. The maximum absolute atomic E-state index is 14.0. The van der Waals surface area contributed by atoms with Crippen LogP contribution in [0.2, 0.25) is 0 Å². The number of aromatic nitrogens is 2. The number of rotatable bonds is 4. The highest BCUT2D eigenvalue weighted by atomic mass is 19.3. The molecule has 1 spiro atoms. The molecule has 1 aliphatic carbocycles. The van der Waals surface area contributed by atoms with Gasteiger partial charge in [-0.1, -0.05) is 6.07 Å². The zero-order valence-corrected chi connectivity index (χ0v) is 20.0. The fourth-order valence-corrected chi connectivity index (χ4v) is 6.46. The third-order valence-corrected chi connectivity index (χ3v) is 8.14. The van der Waals surface area contributed by atoms with E-state index in [0.29, 0.717) is 18.4 Å². The van der Waals surface area contributed by atoms with Gasteiger partial charge in [0, 0.05) is 59.7 Å². The highest BCUT2D eigenvalue weighted by Gasteiger charge is 2.58. The molecule has 2 aromatic carbocycles. The summed E-state index contributed by atoms with van der Waals surface area (Å²) in [4.78, 5) is 20.7. The quantitative estimate of drug-likeness (QED) is 0.375. The lowest BCUT2D eigenvalue weighted by Crippen LogP contribution is -2.53. The molecule has 182 valence electrons. The van der Waals surface area contributed by atoms with E-state index in [9.17, 15) is 13.6 Å². The van der Waals surface area contributed by atoms with Crippen molar-refractivity contribution in [3.63, 3.8) is 0 Å². The van der Waals surface area contributed by atoms with Gasteiger partial charge in [0.05, 0.1) is 7.11 Å². The van der Waals surface area contributed by atoms with Crippen LogP contribution in [0.25, 0.3) is 21.7 Å². The molecule has 5 nitrogen and oxygen atoms in total. The third kappa shape index (κ3) is 3.73. The Labute approximate surface area is 202 Å². The van der Waals surface area contributed by atoms with Crippen molar-refractivity contribution in [3.05, 3.63) is 75.8 Å². The van der Waals surface area contributed by atoms with E-state index in [1.807, 2.05) is 24.4 Å². The maximum Gasteiger partial charge on any atom is 0.255 e. The molecular formula is C28H29F2N3O2. The number of ether oxygens (including phenoxy) is 1. The summed E-state index contributed by atoms with van der Waals surface area (Å²) < 4.78 is 33.8. The normalized spacial score (nSPS) is 21.4. The van der Waals surface area contributed by atoms with E-state index in [1.54, 1.807) is 13.3 Å². The number of likely N-dealkylation sites (tertiary alicyclic amines) is 1. The number of aromatic amines is 2. The Morgan fingerprint density at radius 1 is 1.09 bits per heavy atom. The lowest BCUT2D eigenvalue weighted by atomic mass is 9.59. The van der Waals surface area contributed by atoms with E-state index in [4.69, 9.17) is 4.74 Å². The van der Waals surface area contributed by atoms with Crippen LogP contribution in [0.4, 0.5) is 8.78 Å². The Bertz CT molecular complexity index is 1480. The molecule has 1 atom stereocenters. The number of fused-ring (bicyclic) bond motifs is 2. The number of H-pyrrole nitrogens is 2. The minimum absolute atomic E-state index is 0.0245. The van der Waals surface area contributed by atoms with Gasteiger partial charge in [0.15, 0.2) is 0 Å². The summed E-state index contributed by atoms with van der Waals surface area (Å²) >= 11 is 0. The van der Waals surface area contributed by atoms with Crippen LogP contribution in [0.3, 0.4) is 0 Å². The minimum Gasteiger partial charge on any atom is -0.496 e. The van der Waals surface area contributed by atoms with E-state index in [1.165, 1.54) is 0 Å². The van der Waals surface area contributed by atoms with Crippen LogP contribution in [0.5, 0.6) is 5.75 Å². The van der Waals surface area contributed by atoms with E-state index in [2.05, 4.69) is 40.0 Å². The SMILES string of the molecule is COc1cc(C)c2[nH]ccc2c1CN1CCC2(C[C@@H]1c1ccc3c(=O)[nH]ccc3c1)CC(F)(F)C2. The zero-order valence-electron chi connectivity index (χ0n) is 20.0. The third-order valence-electron chi connectivity index (χ3n) is 8.14. The Hall–Kier alpha value is -3.19. The molecule has 0 radical (unpaired) electrons. The van der Waals surface area contributed by atoms with Crippen LogP contribution in [0, 0.1) is 12.3 Å². The number of halogens is 2. The predicted octanol–water partition coefficient (Wildman–Crippen LogP) is 6.08. The highest BCUT2D eigenvalue weighted by molar-refractivity contribution is 5.88. The summed E-state index contributed by atoms with van der Waals surface area (Å²) in [5.41, 5.74) is 3.93. The maximum atomic E-state index is 14.0. The number of nitrogens with one attached hydrogen (secondary N) is 2. The Balaban J connectivity index is 1.41. The second kappa shape index (κ2) is 7.92. The second-order valence-electron chi connectivity index (χ2n) is 10.4. The molecule has 1 aliphatic heterocycles. The summed E-state index contributed by atoms with van der Waals surface area (Å²) in [5.74, 6) is -1.71. The van der Waals surface area contributed by atoms with Crippen molar-refractivity contribution in [1.82, 2.24) is 14.9 Å². The first-order valence-corrected chi connectivity index (χ1v) is 12.1. The summed E-state index contributed by atoms with van der Waals surface area (Å²) in [6.07, 6.45) is 4.97. The van der Waals surface area contributed by atoms with Crippen LogP contribution in [-0.4, -0.2) is 34.4 Å². The van der Waals surface area contributed by atoms with Crippen LogP contribution < -0.4 is 10.3 Å². The number of benzene rings is 2. The van der Waals surface area contributed by atoms with Crippen molar-refractivity contribution >= 4 is 21.7 Å². The molecule has 2 aromatic heterocycles. The Morgan fingerprint density at radius 3 is 2.66 bits per heavy atom. The molecule has 6 rings (SSSR count). The number of aryl methyl sites for hydroxylation is 1. The lowest BCUT2D eigenvalue weighted by Gasteiger charge is -2.54. The molecule has 0 unspecified atom stereocenters. The van der Waals surface area contributed by atoms with Crippen molar-refractivity contribution in [3.8, 4) is 5.75 Å². The van der Waals surface area contributed by atoms with Gasteiger partial charge in [0.1, 0.15) is 5.75 Å². The molecular weight excluding hydrogens is 448 g/mol. The van der Waals surface area contributed by atoms with Gasteiger partial charge < -0.3 is 14.7 Å². The summed E-state index contributed by atoms with van der Waals surface area (Å²) in [5, 5.41) is 2.63. The Kier molecular flexibility index (Phi) is 5.04. The number of alkyl halides is 2. The monoisotopic (exact) mass is 477 g/mol. The molecule has 0 bridgehead atoms. The van der Waals surface area contributed by atoms with Crippen molar-refractivity contribution in [2.45, 2.75) is 51.1 Å². The molecule has 1 saturated carbocycles. The smallest absolute Gasteiger partial charge is 0.255 e.